The highest BCUT2D eigenvalue weighted by Gasteiger charge is 2.23. The zero-order chi connectivity index (χ0) is 16.8. The standard InChI is InChI=1S/C16H23N3O3S/c1-3-17-9-4-10-18(12-11-17)16(20)13(2)23-15-7-5-14(6-8-15)19(21)22/h5-8,13H,3-4,9-12H2,1-2H3. The maximum absolute atomic E-state index is 12.6. The summed E-state index contributed by atoms with van der Waals surface area (Å²) in [5.41, 5.74) is 0.0699. The summed E-state index contributed by atoms with van der Waals surface area (Å²) < 4.78 is 0. The van der Waals surface area contributed by atoms with Crippen molar-refractivity contribution in [2.45, 2.75) is 30.4 Å². The van der Waals surface area contributed by atoms with Gasteiger partial charge in [-0.2, -0.15) is 0 Å². The summed E-state index contributed by atoms with van der Waals surface area (Å²) in [5, 5.41) is 10.5. The van der Waals surface area contributed by atoms with E-state index in [1.807, 2.05) is 11.8 Å². The molecule has 0 spiro atoms. The number of nitrogens with zero attached hydrogens (tertiary/aromatic N) is 3. The lowest BCUT2D eigenvalue weighted by Crippen LogP contribution is -2.39. The van der Waals surface area contributed by atoms with E-state index in [0.29, 0.717) is 0 Å². The van der Waals surface area contributed by atoms with E-state index in [-0.39, 0.29) is 16.8 Å². The molecule has 1 fully saturated rings. The van der Waals surface area contributed by atoms with Gasteiger partial charge < -0.3 is 9.80 Å². The van der Waals surface area contributed by atoms with Crippen LogP contribution in [0.15, 0.2) is 29.2 Å². The van der Waals surface area contributed by atoms with Gasteiger partial charge in [-0.05, 0) is 38.6 Å². The molecule has 7 heteroatoms. The molecule has 1 heterocycles. The highest BCUT2D eigenvalue weighted by Crippen LogP contribution is 2.26. The molecule has 1 aliphatic heterocycles. The molecule has 0 aliphatic carbocycles. The van der Waals surface area contributed by atoms with E-state index in [2.05, 4.69) is 11.8 Å². The van der Waals surface area contributed by atoms with Gasteiger partial charge in [-0.3, -0.25) is 14.9 Å². The number of thioether (sulfide) groups is 1. The van der Waals surface area contributed by atoms with Crippen LogP contribution in [0.2, 0.25) is 0 Å². The largest absolute Gasteiger partial charge is 0.340 e. The third kappa shape index (κ3) is 4.94. The molecule has 1 aromatic rings. The zero-order valence-electron chi connectivity index (χ0n) is 13.6. The van der Waals surface area contributed by atoms with E-state index >= 15 is 0 Å². The van der Waals surface area contributed by atoms with Crippen LogP contribution in [-0.2, 0) is 4.79 Å². The fourth-order valence-corrected chi connectivity index (χ4v) is 3.62. The molecule has 1 saturated heterocycles. The van der Waals surface area contributed by atoms with Gasteiger partial charge in [-0.25, -0.2) is 0 Å². The third-order valence-corrected chi connectivity index (χ3v) is 5.16. The summed E-state index contributed by atoms with van der Waals surface area (Å²) >= 11 is 1.45. The SMILES string of the molecule is CCN1CCCN(C(=O)C(C)Sc2ccc([N+](=O)[O-])cc2)CC1. The van der Waals surface area contributed by atoms with E-state index in [1.165, 1.54) is 23.9 Å². The number of non-ortho nitro benzene ring substituents is 1. The Morgan fingerprint density at radius 1 is 1.26 bits per heavy atom. The highest BCUT2D eigenvalue weighted by atomic mass is 32.2. The van der Waals surface area contributed by atoms with Gasteiger partial charge in [0.05, 0.1) is 10.2 Å². The molecule has 1 aliphatic rings. The molecule has 2 rings (SSSR count). The number of carbonyl (C=O) groups excluding carboxylic acids is 1. The van der Waals surface area contributed by atoms with Crippen LogP contribution in [0.4, 0.5) is 5.69 Å². The van der Waals surface area contributed by atoms with Crippen LogP contribution >= 0.6 is 11.8 Å². The molecular weight excluding hydrogens is 314 g/mol. The molecule has 1 atom stereocenters. The number of nitro groups is 1. The lowest BCUT2D eigenvalue weighted by Gasteiger charge is -2.24. The second-order valence-corrected chi connectivity index (χ2v) is 7.04. The van der Waals surface area contributed by atoms with Gasteiger partial charge in [0.1, 0.15) is 0 Å². The minimum absolute atomic E-state index is 0.0699. The Kier molecular flexibility index (Phi) is 6.41. The number of nitro benzene ring substituents is 1. The third-order valence-electron chi connectivity index (χ3n) is 4.06. The molecular formula is C16H23N3O3S. The van der Waals surface area contributed by atoms with Crippen molar-refractivity contribution in [2.75, 3.05) is 32.7 Å². The van der Waals surface area contributed by atoms with Crippen LogP contribution in [0, 0.1) is 10.1 Å². The van der Waals surface area contributed by atoms with Crippen molar-refractivity contribution in [3.8, 4) is 0 Å². The van der Waals surface area contributed by atoms with Crippen LogP contribution in [0.25, 0.3) is 0 Å². The van der Waals surface area contributed by atoms with Crippen molar-refractivity contribution in [1.82, 2.24) is 9.80 Å². The number of benzene rings is 1. The minimum Gasteiger partial charge on any atom is -0.340 e. The lowest BCUT2D eigenvalue weighted by molar-refractivity contribution is -0.384. The molecule has 0 N–H and O–H groups in total. The van der Waals surface area contributed by atoms with Crippen LogP contribution < -0.4 is 0 Å². The van der Waals surface area contributed by atoms with Gasteiger partial charge in [0, 0.05) is 36.7 Å². The van der Waals surface area contributed by atoms with Crippen molar-refractivity contribution in [3.05, 3.63) is 34.4 Å². The number of likely N-dealkylation sites (N-methyl/N-ethyl adjacent to an activating group) is 1. The number of carbonyl (C=O) groups is 1. The predicted octanol–water partition coefficient (Wildman–Crippen LogP) is 2.63. The summed E-state index contributed by atoms with van der Waals surface area (Å²) in [7, 11) is 0. The maximum atomic E-state index is 12.6. The van der Waals surface area contributed by atoms with E-state index < -0.39 is 4.92 Å². The van der Waals surface area contributed by atoms with E-state index in [1.54, 1.807) is 12.1 Å². The summed E-state index contributed by atoms with van der Waals surface area (Å²) in [6.07, 6.45) is 1.01. The van der Waals surface area contributed by atoms with Crippen molar-refractivity contribution in [3.63, 3.8) is 0 Å². The van der Waals surface area contributed by atoms with E-state index in [9.17, 15) is 14.9 Å². The Morgan fingerprint density at radius 2 is 1.96 bits per heavy atom. The molecule has 0 aromatic heterocycles. The molecule has 1 unspecified atom stereocenters. The Labute approximate surface area is 141 Å². The average molecular weight is 337 g/mol. The van der Waals surface area contributed by atoms with Crippen LogP contribution in [0.5, 0.6) is 0 Å². The molecule has 1 aromatic carbocycles. The Morgan fingerprint density at radius 3 is 2.57 bits per heavy atom. The highest BCUT2D eigenvalue weighted by molar-refractivity contribution is 8.00. The molecule has 1 amide bonds. The molecule has 0 radical (unpaired) electrons. The Bertz CT molecular complexity index is 550. The molecule has 0 saturated carbocycles. The summed E-state index contributed by atoms with van der Waals surface area (Å²) in [6, 6.07) is 6.36. The monoisotopic (exact) mass is 337 g/mol. The fourth-order valence-electron chi connectivity index (χ4n) is 2.67. The Balaban J connectivity index is 1.92. The second-order valence-electron chi connectivity index (χ2n) is 5.62. The van der Waals surface area contributed by atoms with Gasteiger partial charge in [0.25, 0.3) is 5.69 Å². The fraction of sp³-hybridized carbons (Fsp3) is 0.562. The number of hydrogen-bond donors (Lipinski definition) is 0. The summed E-state index contributed by atoms with van der Waals surface area (Å²) in [4.78, 5) is 28.0. The Hall–Kier alpha value is -1.60. The molecule has 23 heavy (non-hydrogen) atoms. The number of amides is 1. The zero-order valence-corrected chi connectivity index (χ0v) is 14.4. The van der Waals surface area contributed by atoms with Gasteiger partial charge in [-0.15, -0.1) is 11.8 Å². The lowest BCUT2D eigenvalue weighted by atomic mass is 10.3. The van der Waals surface area contributed by atoms with E-state index in [0.717, 1.165) is 44.0 Å². The van der Waals surface area contributed by atoms with E-state index in [4.69, 9.17) is 0 Å². The van der Waals surface area contributed by atoms with Crippen LogP contribution in [-0.4, -0.2) is 58.6 Å². The normalized spacial score (nSPS) is 17.6. The first-order valence-corrected chi connectivity index (χ1v) is 8.81. The van der Waals surface area contributed by atoms with Gasteiger partial charge in [0.15, 0.2) is 0 Å². The van der Waals surface area contributed by atoms with Gasteiger partial charge in [0.2, 0.25) is 5.91 Å². The summed E-state index contributed by atoms with van der Waals surface area (Å²) in [6.45, 7) is 8.62. The smallest absolute Gasteiger partial charge is 0.269 e. The van der Waals surface area contributed by atoms with Crippen molar-refractivity contribution in [1.29, 1.82) is 0 Å². The maximum Gasteiger partial charge on any atom is 0.269 e. The second kappa shape index (κ2) is 8.31. The van der Waals surface area contributed by atoms with Crippen LogP contribution in [0.3, 0.4) is 0 Å². The molecule has 0 bridgehead atoms. The average Bonchev–Trinajstić information content (AvgIpc) is 2.80. The quantitative estimate of drug-likeness (QED) is 0.469. The van der Waals surface area contributed by atoms with Gasteiger partial charge >= 0.3 is 0 Å². The predicted molar refractivity (Wildman–Crippen MR) is 91.7 cm³/mol. The first kappa shape index (κ1) is 17.7. The minimum atomic E-state index is -0.417. The molecule has 6 nitrogen and oxygen atoms in total. The van der Waals surface area contributed by atoms with Crippen molar-refractivity contribution >= 4 is 23.4 Å². The number of hydrogen-bond acceptors (Lipinski definition) is 5. The summed E-state index contributed by atoms with van der Waals surface area (Å²) in [5.74, 6) is 0.145. The first-order chi connectivity index (χ1) is 11.0. The van der Waals surface area contributed by atoms with Crippen molar-refractivity contribution in [2.24, 2.45) is 0 Å². The van der Waals surface area contributed by atoms with Crippen molar-refractivity contribution < 1.29 is 9.72 Å². The topological polar surface area (TPSA) is 66.7 Å². The van der Waals surface area contributed by atoms with Gasteiger partial charge in [-0.1, -0.05) is 6.92 Å². The molecule has 126 valence electrons. The van der Waals surface area contributed by atoms with Crippen LogP contribution in [0.1, 0.15) is 20.3 Å². The number of rotatable bonds is 5. The first-order valence-electron chi connectivity index (χ1n) is 7.93.